The fraction of sp³-hybridized carbons (Fsp3) is 0.467. The van der Waals surface area contributed by atoms with Gasteiger partial charge in [-0.15, -0.1) is 0 Å². The van der Waals surface area contributed by atoms with Crippen LogP contribution < -0.4 is 25.6 Å². The standard InChI is InChI=1S/C15H23N3O3S/c1-10(2)7-8-16-15(22)18-17-14(19)12-6-5-11(20-3)9-13(12)21-4/h5-6,9-10H,7-8H2,1-4H3,(H,17,19)(H2,16,18,22). The van der Waals surface area contributed by atoms with Crippen LogP contribution in [0.25, 0.3) is 0 Å². The maximum atomic E-state index is 12.1. The van der Waals surface area contributed by atoms with Gasteiger partial charge in [0, 0.05) is 12.6 Å². The van der Waals surface area contributed by atoms with Gasteiger partial charge in [-0.2, -0.15) is 0 Å². The number of nitrogens with one attached hydrogen (secondary N) is 3. The highest BCUT2D eigenvalue weighted by Crippen LogP contribution is 2.24. The normalized spacial score (nSPS) is 10.0. The second kappa shape index (κ2) is 9.09. The van der Waals surface area contributed by atoms with Crippen LogP contribution in [-0.4, -0.2) is 31.8 Å². The van der Waals surface area contributed by atoms with Crippen LogP contribution in [0.2, 0.25) is 0 Å². The number of hydrogen-bond acceptors (Lipinski definition) is 4. The van der Waals surface area contributed by atoms with Crippen molar-refractivity contribution in [3.63, 3.8) is 0 Å². The van der Waals surface area contributed by atoms with Crippen molar-refractivity contribution in [3.8, 4) is 11.5 Å². The lowest BCUT2D eigenvalue weighted by Gasteiger charge is -2.14. The molecular weight excluding hydrogens is 302 g/mol. The number of rotatable bonds is 6. The van der Waals surface area contributed by atoms with Crippen LogP contribution >= 0.6 is 12.2 Å². The summed E-state index contributed by atoms with van der Waals surface area (Å²) in [6, 6.07) is 4.97. The van der Waals surface area contributed by atoms with E-state index in [1.54, 1.807) is 25.3 Å². The second-order valence-electron chi connectivity index (χ2n) is 5.08. The molecule has 1 aromatic carbocycles. The molecule has 0 saturated carbocycles. The minimum atomic E-state index is -0.340. The summed E-state index contributed by atoms with van der Waals surface area (Å²) in [7, 11) is 3.05. The lowest BCUT2D eigenvalue weighted by atomic mass is 10.1. The largest absolute Gasteiger partial charge is 0.497 e. The van der Waals surface area contributed by atoms with Crippen molar-refractivity contribution in [2.24, 2.45) is 5.92 Å². The molecule has 0 spiro atoms. The van der Waals surface area contributed by atoms with E-state index < -0.39 is 0 Å². The molecule has 6 nitrogen and oxygen atoms in total. The molecule has 0 aromatic heterocycles. The van der Waals surface area contributed by atoms with Crippen LogP contribution in [0.5, 0.6) is 11.5 Å². The summed E-state index contributed by atoms with van der Waals surface area (Å²) >= 11 is 5.09. The third-order valence-electron chi connectivity index (χ3n) is 2.95. The van der Waals surface area contributed by atoms with E-state index >= 15 is 0 Å². The lowest BCUT2D eigenvalue weighted by molar-refractivity contribution is 0.0940. The Bertz CT molecular complexity index is 521. The summed E-state index contributed by atoms with van der Waals surface area (Å²) in [5, 5.41) is 3.40. The predicted octanol–water partition coefficient (Wildman–Crippen LogP) is 1.86. The highest BCUT2D eigenvalue weighted by Gasteiger charge is 2.13. The number of hydrogen-bond donors (Lipinski definition) is 3. The maximum Gasteiger partial charge on any atom is 0.273 e. The Hall–Kier alpha value is -2.02. The molecule has 1 amide bonds. The highest BCUT2D eigenvalue weighted by atomic mass is 32.1. The zero-order valence-electron chi connectivity index (χ0n) is 13.4. The number of hydrazine groups is 1. The average Bonchev–Trinajstić information content (AvgIpc) is 2.51. The first-order valence-corrected chi connectivity index (χ1v) is 7.45. The molecule has 1 rings (SSSR count). The Kier molecular flexibility index (Phi) is 7.45. The van der Waals surface area contributed by atoms with Crippen LogP contribution in [0, 0.1) is 5.92 Å². The molecule has 0 atom stereocenters. The van der Waals surface area contributed by atoms with Gasteiger partial charge < -0.3 is 14.8 Å². The molecule has 0 saturated heterocycles. The Morgan fingerprint density at radius 1 is 1.23 bits per heavy atom. The van der Waals surface area contributed by atoms with E-state index in [1.165, 1.54) is 7.11 Å². The summed E-state index contributed by atoms with van der Waals surface area (Å²) in [4.78, 5) is 12.1. The molecular formula is C15H23N3O3S. The third-order valence-corrected chi connectivity index (χ3v) is 3.20. The molecule has 0 aliphatic rings. The highest BCUT2D eigenvalue weighted by molar-refractivity contribution is 7.80. The molecule has 22 heavy (non-hydrogen) atoms. The van der Waals surface area contributed by atoms with Crippen LogP contribution in [0.15, 0.2) is 18.2 Å². The first-order valence-electron chi connectivity index (χ1n) is 7.04. The molecule has 122 valence electrons. The Balaban J connectivity index is 2.53. The zero-order valence-corrected chi connectivity index (χ0v) is 14.2. The number of amides is 1. The van der Waals surface area contributed by atoms with Gasteiger partial charge in [0.15, 0.2) is 5.11 Å². The smallest absolute Gasteiger partial charge is 0.273 e. The minimum absolute atomic E-state index is 0.340. The number of carbonyl (C=O) groups is 1. The van der Waals surface area contributed by atoms with E-state index in [0.717, 1.165) is 13.0 Å². The van der Waals surface area contributed by atoms with E-state index in [4.69, 9.17) is 21.7 Å². The van der Waals surface area contributed by atoms with Crippen molar-refractivity contribution in [2.45, 2.75) is 20.3 Å². The summed E-state index contributed by atoms with van der Waals surface area (Å²) in [6.45, 7) is 5.02. The van der Waals surface area contributed by atoms with Crippen molar-refractivity contribution >= 4 is 23.2 Å². The number of methoxy groups -OCH3 is 2. The quantitative estimate of drug-likeness (QED) is 0.548. The summed E-state index contributed by atoms with van der Waals surface area (Å²) < 4.78 is 10.3. The number of thiocarbonyl (C=S) groups is 1. The molecule has 0 radical (unpaired) electrons. The molecule has 0 fully saturated rings. The van der Waals surface area contributed by atoms with Crippen LogP contribution in [0.3, 0.4) is 0 Å². The molecule has 0 heterocycles. The first-order chi connectivity index (χ1) is 10.5. The summed E-state index contributed by atoms with van der Waals surface area (Å²) in [5.41, 5.74) is 5.59. The van der Waals surface area contributed by atoms with Crippen molar-refractivity contribution in [3.05, 3.63) is 23.8 Å². The van der Waals surface area contributed by atoms with Crippen molar-refractivity contribution in [1.82, 2.24) is 16.2 Å². The first kappa shape index (κ1) is 18.0. The van der Waals surface area contributed by atoms with E-state index in [2.05, 4.69) is 30.0 Å². The Morgan fingerprint density at radius 2 is 1.95 bits per heavy atom. The lowest BCUT2D eigenvalue weighted by Crippen LogP contribution is -2.47. The van der Waals surface area contributed by atoms with Crippen molar-refractivity contribution < 1.29 is 14.3 Å². The molecule has 1 aromatic rings. The Morgan fingerprint density at radius 3 is 2.55 bits per heavy atom. The fourth-order valence-corrected chi connectivity index (χ4v) is 1.84. The molecule has 3 N–H and O–H groups in total. The number of ether oxygens (including phenoxy) is 2. The van der Waals surface area contributed by atoms with Crippen LogP contribution in [0.4, 0.5) is 0 Å². The third kappa shape index (κ3) is 5.77. The van der Waals surface area contributed by atoms with E-state index in [1.807, 2.05) is 0 Å². The Labute approximate surface area is 136 Å². The van der Waals surface area contributed by atoms with Gasteiger partial charge in [-0.1, -0.05) is 13.8 Å². The van der Waals surface area contributed by atoms with Gasteiger partial charge in [-0.05, 0) is 36.7 Å². The van der Waals surface area contributed by atoms with Gasteiger partial charge in [0.1, 0.15) is 11.5 Å². The molecule has 0 unspecified atom stereocenters. The fourth-order valence-electron chi connectivity index (χ4n) is 1.69. The van der Waals surface area contributed by atoms with E-state index in [0.29, 0.717) is 28.1 Å². The number of benzene rings is 1. The van der Waals surface area contributed by atoms with Crippen LogP contribution in [0.1, 0.15) is 30.6 Å². The van der Waals surface area contributed by atoms with Crippen molar-refractivity contribution in [1.29, 1.82) is 0 Å². The topological polar surface area (TPSA) is 71.6 Å². The monoisotopic (exact) mass is 325 g/mol. The van der Waals surface area contributed by atoms with Gasteiger partial charge in [0.25, 0.3) is 5.91 Å². The van der Waals surface area contributed by atoms with Crippen molar-refractivity contribution in [2.75, 3.05) is 20.8 Å². The average molecular weight is 325 g/mol. The van der Waals surface area contributed by atoms with Crippen LogP contribution in [-0.2, 0) is 0 Å². The van der Waals surface area contributed by atoms with Gasteiger partial charge in [-0.25, -0.2) is 0 Å². The maximum absolute atomic E-state index is 12.1. The SMILES string of the molecule is COc1ccc(C(=O)NNC(=S)NCCC(C)C)c(OC)c1. The molecule has 0 aliphatic heterocycles. The molecule has 0 bridgehead atoms. The van der Waals surface area contributed by atoms with Gasteiger partial charge in [-0.3, -0.25) is 15.6 Å². The molecule has 7 heteroatoms. The second-order valence-corrected chi connectivity index (χ2v) is 5.49. The minimum Gasteiger partial charge on any atom is -0.497 e. The van der Waals surface area contributed by atoms with E-state index in [-0.39, 0.29) is 5.91 Å². The number of carbonyl (C=O) groups excluding carboxylic acids is 1. The zero-order chi connectivity index (χ0) is 16.5. The summed E-state index contributed by atoms with van der Waals surface area (Å²) in [6.07, 6.45) is 1.00. The predicted molar refractivity (Wildman–Crippen MR) is 90.2 cm³/mol. The van der Waals surface area contributed by atoms with Gasteiger partial charge in [0.05, 0.1) is 19.8 Å². The van der Waals surface area contributed by atoms with Gasteiger partial charge >= 0.3 is 0 Å². The van der Waals surface area contributed by atoms with Gasteiger partial charge in [0.2, 0.25) is 0 Å². The van der Waals surface area contributed by atoms with E-state index in [9.17, 15) is 4.79 Å². The molecule has 0 aliphatic carbocycles. The summed E-state index contributed by atoms with van der Waals surface area (Å²) in [5.74, 6) is 1.30.